The van der Waals surface area contributed by atoms with Gasteiger partial charge in [0.25, 0.3) is 0 Å². The maximum atomic E-state index is 13.1. The Kier molecular flexibility index (Phi) is 7.04. The van der Waals surface area contributed by atoms with Gasteiger partial charge in [-0.25, -0.2) is 9.18 Å². The van der Waals surface area contributed by atoms with Gasteiger partial charge in [0.05, 0.1) is 11.6 Å². The van der Waals surface area contributed by atoms with Gasteiger partial charge in [-0.15, -0.1) is 0 Å². The van der Waals surface area contributed by atoms with E-state index in [0.29, 0.717) is 47.3 Å². The van der Waals surface area contributed by atoms with Gasteiger partial charge in [-0.1, -0.05) is 34.0 Å². The first-order chi connectivity index (χ1) is 16.0. The van der Waals surface area contributed by atoms with Crippen LogP contribution in [-0.4, -0.2) is 34.8 Å². The zero-order valence-electron chi connectivity index (χ0n) is 17.9. The monoisotopic (exact) mass is 468 g/mol. The third kappa shape index (κ3) is 5.78. The van der Waals surface area contributed by atoms with Crippen molar-refractivity contribution in [1.82, 2.24) is 20.5 Å². The molecule has 0 saturated heterocycles. The Hall–Kier alpha value is -3.65. The summed E-state index contributed by atoms with van der Waals surface area (Å²) in [5.74, 6) is 0.955. The molecule has 0 saturated carbocycles. The molecule has 0 unspecified atom stereocenters. The number of carbonyl (C=O) groups excluding carboxylic acids is 1. The van der Waals surface area contributed by atoms with Crippen LogP contribution in [0.3, 0.4) is 0 Å². The molecule has 33 heavy (non-hydrogen) atoms. The molecule has 0 atom stereocenters. The number of aryl methyl sites for hydroxylation is 1. The summed E-state index contributed by atoms with van der Waals surface area (Å²) < 4.78 is 23.8. The third-order valence-corrected chi connectivity index (χ3v) is 5.41. The molecule has 0 bridgehead atoms. The van der Waals surface area contributed by atoms with Crippen molar-refractivity contribution < 1.29 is 18.2 Å². The first kappa shape index (κ1) is 22.5. The summed E-state index contributed by atoms with van der Waals surface area (Å²) in [7, 11) is 1.72. The standard InChI is InChI=1S/C24H22ClFN4O3/c1-30(12-4-5-19-14-22(29-32-19)16-8-10-17(26)11-9-16)24(31)27-15-18-13-23(33-28-18)20-6-2-3-7-21(20)25/h2-3,6-11,13-14H,4-5,12,15H2,1H3,(H,27,31). The fourth-order valence-electron chi connectivity index (χ4n) is 3.26. The van der Waals surface area contributed by atoms with Crippen LogP contribution in [0.5, 0.6) is 0 Å². The maximum Gasteiger partial charge on any atom is 0.317 e. The SMILES string of the molecule is CN(CCCc1cc(-c2ccc(F)cc2)no1)C(=O)NCc1cc(-c2ccccc2Cl)on1. The normalized spacial score (nSPS) is 10.9. The number of nitrogens with one attached hydrogen (secondary N) is 1. The Labute approximate surface area is 195 Å². The van der Waals surface area contributed by atoms with Gasteiger partial charge < -0.3 is 19.3 Å². The van der Waals surface area contributed by atoms with Crippen LogP contribution < -0.4 is 5.32 Å². The molecular weight excluding hydrogens is 447 g/mol. The molecule has 4 rings (SSSR count). The summed E-state index contributed by atoms with van der Waals surface area (Å²) in [5.41, 5.74) is 2.78. The molecule has 0 spiro atoms. The van der Waals surface area contributed by atoms with Crippen molar-refractivity contribution in [3.63, 3.8) is 0 Å². The number of nitrogens with zero attached hydrogens (tertiary/aromatic N) is 3. The lowest BCUT2D eigenvalue weighted by Crippen LogP contribution is -2.37. The van der Waals surface area contributed by atoms with Crippen molar-refractivity contribution in [2.75, 3.05) is 13.6 Å². The largest absolute Gasteiger partial charge is 0.361 e. The summed E-state index contributed by atoms with van der Waals surface area (Å²) in [6.07, 6.45) is 1.32. The Balaban J connectivity index is 1.22. The van der Waals surface area contributed by atoms with E-state index in [0.717, 1.165) is 11.1 Å². The molecule has 1 N–H and O–H groups in total. The summed E-state index contributed by atoms with van der Waals surface area (Å²) in [4.78, 5) is 14.0. The van der Waals surface area contributed by atoms with E-state index in [4.69, 9.17) is 20.6 Å². The lowest BCUT2D eigenvalue weighted by molar-refractivity contribution is 0.207. The predicted molar refractivity (Wildman–Crippen MR) is 122 cm³/mol. The van der Waals surface area contributed by atoms with Gasteiger partial charge >= 0.3 is 6.03 Å². The molecule has 0 fully saturated rings. The highest BCUT2D eigenvalue weighted by atomic mass is 35.5. The molecule has 4 aromatic rings. The Morgan fingerprint density at radius 3 is 2.67 bits per heavy atom. The van der Waals surface area contributed by atoms with Crippen molar-refractivity contribution in [1.29, 1.82) is 0 Å². The molecule has 2 heterocycles. The van der Waals surface area contributed by atoms with Crippen LogP contribution in [0.1, 0.15) is 17.9 Å². The van der Waals surface area contributed by atoms with Crippen LogP contribution in [0.4, 0.5) is 9.18 Å². The van der Waals surface area contributed by atoms with E-state index in [9.17, 15) is 9.18 Å². The van der Waals surface area contributed by atoms with Crippen molar-refractivity contribution >= 4 is 17.6 Å². The molecule has 170 valence electrons. The number of aromatic nitrogens is 2. The predicted octanol–water partition coefficient (Wildman–Crippen LogP) is 5.56. The highest BCUT2D eigenvalue weighted by Gasteiger charge is 2.13. The van der Waals surface area contributed by atoms with Crippen LogP contribution in [0.25, 0.3) is 22.6 Å². The highest BCUT2D eigenvalue weighted by molar-refractivity contribution is 6.33. The van der Waals surface area contributed by atoms with Crippen LogP contribution in [-0.2, 0) is 13.0 Å². The molecule has 2 aromatic carbocycles. The van der Waals surface area contributed by atoms with E-state index in [-0.39, 0.29) is 18.4 Å². The lowest BCUT2D eigenvalue weighted by atomic mass is 10.1. The van der Waals surface area contributed by atoms with Gasteiger partial charge in [0.15, 0.2) is 5.76 Å². The van der Waals surface area contributed by atoms with Gasteiger partial charge in [0.2, 0.25) is 0 Å². The number of hydrogen-bond donors (Lipinski definition) is 1. The van der Waals surface area contributed by atoms with Gasteiger partial charge in [-0.2, -0.15) is 0 Å². The minimum absolute atomic E-state index is 0.220. The van der Waals surface area contributed by atoms with Crippen molar-refractivity contribution in [3.05, 3.63) is 83.0 Å². The van der Waals surface area contributed by atoms with Gasteiger partial charge in [-0.05, 0) is 42.8 Å². The van der Waals surface area contributed by atoms with E-state index < -0.39 is 0 Å². The summed E-state index contributed by atoms with van der Waals surface area (Å²) in [6, 6.07) is 16.8. The smallest absolute Gasteiger partial charge is 0.317 e. The fraction of sp³-hybridized carbons (Fsp3) is 0.208. The zero-order chi connectivity index (χ0) is 23.2. The van der Waals surface area contributed by atoms with Crippen molar-refractivity contribution in [3.8, 4) is 22.6 Å². The van der Waals surface area contributed by atoms with E-state index >= 15 is 0 Å². The number of hydrogen-bond acceptors (Lipinski definition) is 5. The molecule has 0 radical (unpaired) electrons. The fourth-order valence-corrected chi connectivity index (χ4v) is 3.49. The number of rotatable bonds is 8. The third-order valence-electron chi connectivity index (χ3n) is 5.08. The number of carbonyl (C=O) groups is 1. The molecule has 0 aliphatic rings. The highest BCUT2D eigenvalue weighted by Crippen LogP contribution is 2.28. The quantitative estimate of drug-likeness (QED) is 0.366. The maximum absolute atomic E-state index is 13.1. The van der Waals surface area contributed by atoms with Crippen molar-refractivity contribution in [2.24, 2.45) is 0 Å². The molecule has 2 amide bonds. The summed E-state index contributed by atoms with van der Waals surface area (Å²) in [5, 5.41) is 11.4. The van der Waals surface area contributed by atoms with Crippen LogP contribution in [0.15, 0.2) is 69.7 Å². The minimum atomic E-state index is -0.298. The van der Waals surface area contributed by atoms with Gasteiger partial charge in [0, 0.05) is 43.3 Å². The summed E-state index contributed by atoms with van der Waals surface area (Å²) in [6.45, 7) is 0.766. The molecule has 0 aliphatic carbocycles. The number of amides is 2. The average Bonchev–Trinajstić information content (AvgIpc) is 3.48. The van der Waals surface area contributed by atoms with Crippen LogP contribution in [0, 0.1) is 5.82 Å². The van der Waals surface area contributed by atoms with Crippen LogP contribution in [0.2, 0.25) is 5.02 Å². The number of urea groups is 1. The van der Waals surface area contributed by atoms with E-state index in [1.54, 1.807) is 36.2 Å². The molecule has 0 aliphatic heterocycles. The second-order valence-corrected chi connectivity index (χ2v) is 7.94. The topological polar surface area (TPSA) is 84.4 Å². The second kappa shape index (κ2) is 10.3. The molecular formula is C24H22ClFN4O3. The van der Waals surface area contributed by atoms with Crippen LogP contribution >= 0.6 is 11.6 Å². The first-order valence-corrected chi connectivity index (χ1v) is 10.8. The average molecular weight is 469 g/mol. The molecule has 9 heteroatoms. The Morgan fingerprint density at radius 2 is 1.88 bits per heavy atom. The van der Waals surface area contributed by atoms with Gasteiger partial charge in [-0.3, -0.25) is 0 Å². The van der Waals surface area contributed by atoms with E-state index in [1.807, 2.05) is 24.3 Å². The Bertz CT molecular complexity index is 1220. The molecule has 2 aromatic heterocycles. The number of halogens is 2. The van der Waals surface area contributed by atoms with E-state index in [2.05, 4.69) is 15.6 Å². The Morgan fingerprint density at radius 1 is 1.09 bits per heavy atom. The first-order valence-electron chi connectivity index (χ1n) is 10.4. The van der Waals surface area contributed by atoms with E-state index in [1.165, 1.54) is 12.1 Å². The van der Waals surface area contributed by atoms with Crippen molar-refractivity contribution in [2.45, 2.75) is 19.4 Å². The minimum Gasteiger partial charge on any atom is -0.361 e. The zero-order valence-corrected chi connectivity index (χ0v) is 18.7. The number of benzene rings is 2. The van der Waals surface area contributed by atoms with Gasteiger partial charge in [0.1, 0.15) is 23.0 Å². The second-order valence-electron chi connectivity index (χ2n) is 7.53. The lowest BCUT2D eigenvalue weighted by Gasteiger charge is -2.17. The summed E-state index contributed by atoms with van der Waals surface area (Å²) >= 11 is 6.18. The molecule has 7 nitrogen and oxygen atoms in total.